The Bertz CT molecular complexity index is 1080. The van der Waals surface area contributed by atoms with Gasteiger partial charge < -0.3 is 5.32 Å². The fourth-order valence-corrected chi connectivity index (χ4v) is 3.86. The van der Waals surface area contributed by atoms with Gasteiger partial charge in [-0.25, -0.2) is 0 Å². The SMILES string of the molecule is Cc1ccc(N2C=C[C@H](c3ccccc3)[C@@](C)(NC(=O)c3ccccc3)C2=O)cc1. The van der Waals surface area contributed by atoms with Gasteiger partial charge in [0, 0.05) is 23.4 Å². The van der Waals surface area contributed by atoms with E-state index in [1.807, 2.05) is 85.8 Å². The van der Waals surface area contributed by atoms with Gasteiger partial charge in [-0.05, 0) is 43.7 Å². The van der Waals surface area contributed by atoms with Crippen molar-refractivity contribution in [1.82, 2.24) is 5.32 Å². The number of benzene rings is 3. The van der Waals surface area contributed by atoms with Crippen molar-refractivity contribution in [2.24, 2.45) is 0 Å². The molecule has 0 aliphatic carbocycles. The van der Waals surface area contributed by atoms with Crippen LogP contribution in [0.2, 0.25) is 0 Å². The average molecular weight is 396 g/mol. The van der Waals surface area contributed by atoms with Crippen LogP contribution < -0.4 is 10.2 Å². The van der Waals surface area contributed by atoms with Crippen LogP contribution in [0.4, 0.5) is 5.69 Å². The van der Waals surface area contributed by atoms with Crippen LogP contribution in [-0.2, 0) is 4.79 Å². The number of carbonyl (C=O) groups is 2. The summed E-state index contributed by atoms with van der Waals surface area (Å²) in [5, 5.41) is 3.04. The van der Waals surface area contributed by atoms with Gasteiger partial charge in [-0.2, -0.15) is 0 Å². The first-order chi connectivity index (χ1) is 14.5. The third-order valence-electron chi connectivity index (χ3n) is 5.59. The normalized spacial score (nSPS) is 20.8. The Morgan fingerprint density at radius 3 is 2.13 bits per heavy atom. The molecule has 0 saturated heterocycles. The van der Waals surface area contributed by atoms with Crippen molar-refractivity contribution < 1.29 is 9.59 Å². The largest absolute Gasteiger partial charge is 0.337 e. The number of nitrogens with zero attached hydrogens (tertiary/aromatic N) is 1. The molecule has 4 rings (SSSR count). The van der Waals surface area contributed by atoms with Crippen LogP contribution in [0, 0.1) is 6.92 Å². The second kappa shape index (κ2) is 7.99. The second-order valence-corrected chi connectivity index (χ2v) is 7.76. The molecule has 0 bridgehead atoms. The lowest BCUT2D eigenvalue weighted by Gasteiger charge is -2.42. The van der Waals surface area contributed by atoms with E-state index in [-0.39, 0.29) is 17.7 Å². The summed E-state index contributed by atoms with van der Waals surface area (Å²) in [7, 11) is 0. The number of hydrogen-bond acceptors (Lipinski definition) is 2. The summed E-state index contributed by atoms with van der Waals surface area (Å²) >= 11 is 0. The van der Waals surface area contributed by atoms with Crippen LogP contribution >= 0.6 is 0 Å². The average Bonchev–Trinajstić information content (AvgIpc) is 2.77. The molecule has 30 heavy (non-hydrogen) atoms. The van der Waals surface area contributed by atoms with Gasteiger partial charge in [0.2, 0.25) is 0 Å². The summed E-state index contributed by atoms with van der Waals surface area (Å²) in [5.41, 5.74) is 2.24. The number of anilines is 1. The van der Waals surface area contributed by atoms with Crippen molar-refractivity contribution in [3.05, 3.63) is 114 Å². The molecule has 0 unspecified atom stereocenters. The van der Waals surface area contributed by atoms with E-state index in [0.717, 1.165) is 16.8 Å². The Balaban J connectivity index is 1.75. The molecule has 2 atom stereocenters. The summed E-state index contributed by atoms with van der Waals surface area (Å²) < 4.78 is 0. The van der Waals surface area contributed by atoms with Crippen molar-refractivity contribution >= 4 is 17.5 Å². The topological polar surface area (TPSA) is 49.4 Å². The Morgan fingerprint density at radius 2 is 1.50 bits per heavy atom. The van der Waals surface area contributed by atoms with Crippen LogP contribution in [0.3, 0.4) is 0 Å². The molecule has 0 spiro atoms. The molecule has 0 fully saturated rings. The molecule has 3 aromatic rings. The van der Waals surface area contributed by atoms with Crippen molar-refractivity contribution in [1.29, 1.82) is 0 Å². The Kier molecular flexibility index (Phi) is 5.23. The van der Waals surface area contributed by atoms with Gasteiger partial charge in [0.15, 0.2) is 0 Å². The molecule has 1 aliphatic rings. The zero-order chi connectivity index (χ0) is 21.1. The molecule has 2 amide bonds. The highest BCUT2D eigenvalue weighted by molar-refractivity contribution is 6.07. The number of rotatable bonds is 4. The van der Waals surface area contributed by atoms with Gasteiger partial charge >= 0.3 is 0 Å². The van der Waals surface area contributed by atoms with Gasteiger partial charge in [0.25, 0.3) is 11.8 Å². The number of carbonyl (C=O) groups excluding carboxylic acids is 2. The minimum atomic E-state index is -1.14. The van der Waals surface area contributed by atoms with Crippen LogP contribution in [0.1, 0.15) is 34.3 Å². The summed E-state index contributed by atoms with van der Waals surface area (Å²) in [6.45, 7) is 3.81. The number of nitrogens with one attached hydrogen (secondary N) is 1. The predicted molar refractivity (Wildman–Crippen MR) is 119 cm³/mol. The first-order valence-electron chi connectivity index (χ1n) is 10.0. The molecule has 0 saturated carbocycles. The van der Waals surface area contributed by atoms with Crippen molar-refractivity contribution in [3.8, 4) is 0 Å². The molecular weight excluding hydrogens is 372 g/mol. The minimum absolute atomic E-state index is 0.174. The number of aryl methyl sites for hydroxylation is 1. The van der Waals surface area contributed by atoms with E-state index in [4.69, 9.17) is 0 Å². The Hall–Kier alpha value is -3.66. The Labute approximate surface area is 176 Å². The predicted octanol–water partition coefficient (Wildman–Crippen LogP) is 4.83. The summed E-state index contributed by atoms with van der Waals surface area (Å²) in [4.78, 5) is 28.4. The quantitative estimate of drug-likeness (QED) is 0.687. The molecule has 0 radical (unpaired) electrons. The van der Waals surface area contributed by atoms with Gasteiger partial charge in [-0.15, -0.1) is 0 Å². The molecular formula is C26H24N2O2. The minimum Gasteiger partial charge on any atom is -0.337 e. The van der Waals surface area contributed by atoms with E-state index in [9.17, 15) is 9.59 Å². The maximum atomic E-state index is 13.7. The molecule has 1 N–H and O–H groups in total. The molecule has 1 aliphatic heterocycles. The van der Waals surface area contributed by atoms with E-state index >= 15 is 0 Å². The zero-order valence-electron chi connectivity index (χ0n) is 17.1. The van der Waals surface area contributed by atoms with E-state index in [0.29, 0.717) is 5.56 Å². The van der Waals surface area contributed by atoms with E-state index in [1.165, 1.54) is 0 Å². The molecule has 1 heterocycles. The third-order valence-corrected chi connectivity index (χ3v) is 5.59. The van der Waals surface area contributed by atoms with Crippen LogP contribution in [0.5, 0.6) is 0 Å². The zero-order valence-corrected chi connectivity index (χ0v) is 17.1. The van der Waals surface area contributed by atoms with Crippen LogP contribution in [0.15, 0.2) is 97.2 Å². The highest BCUT2D eigenvalue weighted by Crippen LogP contribution is 2.37. The highest BCUT2D eigenvalue weighted by Gasteiger charge is 2.47. The van der Waals surface area contributed by atoms with Crippen molar-refractivity contribution in [2.45, 2.75) is 25.3 Å². The standard InChI is InChI=1S/C26H24N2O2/c1-19-13-15-22(16-14-19)28-18-17-23(20-9-5-3-6-10-20)26(2,25(28)30)27-24(29)21-11-7-4-8-12-21/h3-18,23H,1-2H3,(H,27,29)/t23-,26-/m1/s1. The molecule has 150 valence electrons. The summed E-state index contributed by atoms with van der Waals surface area (Å²) in [5.74, 6) is -0.737. The van der Waals surface area contributed by atoms with Crippen LogP contribution in [0.25, 0.3) is 0 Å². The maximum Gasteiger partial charge on any atom is 0.257 e. The molecule has 0 aromatic heterocycles. The molecule has 4 nitrogen and oxygen atoms in total. The van der Waals surface area contributed by atoms with Gasteiger partial charge in [-0.3, -0.25) is 14.5 Å². The fraction of sp³-hybridized carbons (Fsp3) is 0.154. The maximum absolute atomic E-state index is 13.7. The van der Waals surface area contributed by atoms with E-state index in [1.54, 1.807) is 30.2 Å². The summed E-state index contributed by atoms with van der Waals surface area (Å²) in [6.07, 6.45) is 3.79. The lowest BCUT2D eigenvalue weighted by molar-refractivity contribution is -0.124. The smallest absolute Gasteiger partial charge is 0.257 e. The first kappa shape index (κ1) is 19.6. The number of hydrogen-bond donors (Lipinski definition) is 1. The second-order valence-electron chi connectivity index (χ2n) is 7.76. The monoisotopic (exact) mass is 396 g/mol. The molecule has 4 heteroatoms. The number of amides is 2. The summed E-state index contributed by atoms with van der Waals surface area (Å²) in [6, 6.07) is 26.6. The Morgan fingerprint density at radius 1 is 0.900 bits per heavy atom. The lowest BCUT2D eigenvalue weighted by atomic mass is 9.77. The first-order valence-corrected chi connectivity index (χ1v) is 10.0. The van der Waals surface area contributed by atoms with Crippen molar-refractivity contribution in [3.63, 3.8) is 0 Å². The van der Waals surface area contributed by atoms with Crippen molar-refractivity contribution in [2.75, 3.05) is 4.90 Å². The van der Waals surface area contributed by atoms with Crippen LogP contribution in [-0.4, -0.2) is 17.4 Å². The van der Waals surface area contributed by atoms with Gasteiger partial charge in [0.05, 0.1) is 0 Å². The van der Waals surface area contributed by atoms with Gasteiger partial charge in [-0.1, -0.05) is 72.3 Å². The lowest BCUT2D eigenvalue weighted by Crippen LogP contribution is -2.61. The van der Waals surface area contributed by atoms with E-state index in [2.05, 4.69) is 5.32 Å². The van der Waals surface area contributed by atoms with Gasteiger partial charge in [0.1, 0.15) is 5.54 Å². The van der Waals surface area contributed by atoms with E-state index < -0.39 is 5.54 Å². The molecule has 3 aromatic carbocycles. The third kappa shape index (κ3) is 3.64. The highest BCUT2D eigenvalue weighted by atomic mass is 16.2. The fourth-order valence-electron chi connectivity index (χ4n) is 3.86.